The van der Waals surface area contributed by atoms with Gasteiger partial charge in [0.2, 0.25) is 23.6 Å². The molecule has 53 heavy (non-hydrogen) atoms. The molecule has 14 heteroatoms. The Kier molecular flexibility index (Phi) is 22.1. The number of benzene rings is 1. The summed E-state index contributed by atoms with van der Waals surface area (Å²) in [5, 5.41) is 8.26. The summed E-state index contributed by atoms with van der Waals surface area (Å²) in [4.78, 5) is 66.0. The third kappa shape index (κ3) is 21.6. The first-order valence-electron chi connectivity index (χ1n) is 18.5. The SMILES string of the molecule is COCCOCCOCCOCCC(=O)N(CCC(=O)N[C@H](C(=O)N[C@@H](C)C(=O)Nc1ccc(COC(=O)C(C)(C)C)cc1)C(C)C)CCC(C)(C)C. The number of ether oxygens (including phenoxy) is 5. The maximum atomic E-state index is 13.2. The van der Waals surface area contributed by atoms with Crippen molar-refractivity contribution in [2.24, 2.45) is 16.7 Å². The van der Waals surface area contributed by atoms with E-state index in [9.17, 15) is 24.0 Å². The van der Waals surface area contributed by atoms with Crippen LogP contribution in [0, 0.1) is 16.7 Å². The van der Waals surface area contributed by atoms with Crippen molar-refractivity contribution in [3.8, 4) is 0 Å². The number of anilines is 1. The van der Waals surface area contributed by atoms with Gasteiger partial charge in [0.1, 0.15) is 18.7 Å². The number of rotatable bonds is 25. The smallest absolute Gasteiger partial charge is 0.311 e. The number of hydrogen-bond acceptors (Lipinski definition) is 10. The Bertz CT molecular complexity index is 1260. The van der Waals surface area contributed by atoms with Crippen molar-refractivity contribution in [1.29, 1.82) is 0 Å². The number of nitrogens with zero attached hydrogens (tertiary/aromatic N) is 1. The molecule has 0 heterocycles. The highest BCUT2D eigenvalue weighted by Crippen LogP contribution is 2.20. The first-order valence-corrected chi connectivity index (χ1v) is 18.5. The molecule has 0 spiro atoms. The van der Waals surface area contributed by atoms with Gasteiger partial charge in [-0.3, -0.25) is 24.0 Å². The summed E-state index contributed by atoms with van der Waals surface area (Å²) in [7, 11) is 1.61. The van der Waals surface area contributed by atoms with Gasteiger partial charge >= 0.3 is 5.97 Å². The minimum atomic E-state index is -0.896. The molecular formula is C39H66N4O10. The number of methoxy groups -OCH3 is 1. The van der Waals surface area contributed by atoms with Gasteiger partial charge in [0.25, 0.3) is 0 Å². The van der Waals surface area contributed by atoms with E-state index in [0.29, 0.717) is 51.9 Å². The molecule has 0 aromatic heterocycles. The average molecular weight is 751 g/mol. The molecule has 0 saturated heterocycles. The number of nitrogens with one attached hydrogen (secondary N) is 3. The number of hydrogen-bond donors (Lipinski definition) is 3. The van der Waals surface area contributed by atoms with Crippen LogP contribution in [0.1, 0.15) is 87.1 Å². The molecule has 1 aromatic carbocycles. The van der Waals surface area contributed by atoms with Crippen molar-refractivity contribution in [2.45, 2.75) is 100 Å². The van der Waals surface area contributed by atoms with E-state index in [0.717, 1.165) is 12.0 Å². The molecule has 0 bridgehead atoms. The summed E-state index contributed by atoms with van der Waals surface area (Å²) in [6.45, 7) is 20.5. The van der Waals surface area contributed by atoms with Gasteiger partial charge in [0.15, 0.2) is 0 Å². The third-order valence-electron chi connectivity index (χ3n) is 7.95. The zero-order valence-electron chi connectivity index (χ0n) is 33.8. The van der Waals surface area contributed by atoms with E-state index < -0.39 is 29.3 Å². The molecule has 14 nitrogen and oxygen atoms in total. The molecule has 3 N–H and O–H groups in total. The van der Waals surface area contributed by atoms with Crippen molar-refractivity contribution in [3.63, 3.8) is 0 Å². The number of amides is 4. The molecule has 0 aliphatic rings. The van der Waals surface area contributed by atoms with Crippen molar-refractivity contribution >= 4 is 35.3 Å². The lowest BCUT2D eigenvalue weighted by Crippen LogP contribution is -2.54. The molecule has 0 aliphatic heterocycles. The summed E-state index contributed by atoms with van der Waals surface area (Å²) in [5.41, 5.74) is 0.658. The number of carbonyl (C=O) groups excluding carboxylic acids is 5. The normalized spacial score (nSPS) is 12.9. The maximum absolute atomic E-state index is 13.2. The van der Waals surface area contributed by atoms with E-state index in [2.05, 4.69) is 36.7 Å². The van der Waals surface area contributed by atoms with Gasteiger partial charge in [-0.25, -0.2) is 0 Å². The maximum Gasteiger partial charge on any atom is 0.311 e. The summed E-state index contributed by atoms with van der Waals surface area (Å²) >= 11 is 0. The average Bonchev–Trinajstić information content (AvgIpc) is 3.07. The predicted octanol–water partition coefficient (Wildman–Crippen LogP) is 4.10. The lowest BCUT2D eigenvalue weighted by atomic mass is 9.92. The molecular weight excluding hydrogens is 684 g/mol. The van der Waals surface area contributed by atoms with Crippen LogP contribution < -0.4 is 16.0 Å². The second kappa shape index (κ2) is 24.7. The fourth-order valence-electron chi connectivity index (χ4n) is 4.52. The van der Waals surface area contributed by atoms with Crippen LogP contribution >= 0.6 is 0 Å². The molecule has 0 radical (unpaired) electrons. The molecule has 2 atom stereocenters. The van der Waals surface area contributed by atoms with Crippen molar-refractivity contribution < 1.29 is 47.7 Å². The van der Waals surface area contributed by atoms with E-state index in [1.165, 1.54) is 0 Å². The Balaban J connectivity index is 2.61. The van der Waals surface area contributed by atoms with Crippen LogP contribution in [0.3, 0.4) is 0 Å². The first kappa shape index (κ1) is 47.4. The van der Waals surface area contributed by atoms with Gasteiger partial charge < -0.3 is 44.5 Å². The molecule has 0 unspecified atom stereocenters. The van der Waals surface area contributed by atoms with Gasteiger partial charge in [-0.1, -0.05) is 46.8 Å². The molecule has 1 rings (SSSR count). The predicted molar refractivity (Wildman–Crippen MR) is 203 cm³/mol. The lowest BCUT2D eigenvalue weighted by molar-refractivity contribution is -0.154. The largest absolute Gasteiger partial charge is 0.460 e. The summed E-state index contributed by atoms with van der Waals surface area (Å²) in [5.74, 6) is -2.00. The quantitative estimate of drug-likeness (QED) is 0.0977. The van der Waals surface area contributed by atoms with Crippen LogP contribution in [0.4, 0.5) is 5.69 Å². The van der Waals surface area contributed by atoms with Gasteiger partial charge in [0.05, 0.1) is 58.1 Å². The van der Waals surface area contributed by atoms with E-state index in [1.807, 2.05) is 0 Å². The highest BCUT2D eigenvalue weighted by Gasteiger charge is 2.28. The second-order valence-electron chi connectivity index (χ2n) is 15.6. The minimum Gasteiger partial charge on any atom is -0.460 e. The molecule has 4 amide bonds. The zero-order valence-corrected chi connectivity index (χ0v) is 33.8. The fraction of sp³-hybridized carbons (Fsp3) is 0.718. The van der Waals surface area contributed by atoms with Gasteiger partial charge in [0, 0.05) is 32.3 Å². The van der Waals surface area contributed by atoms with Crippen LogP contribution in [0.2, 0.25) is 0 Å². The third-order valence-corrected chi connectivity index (χ3v) is 7.95. The zero-order chi connectivity index (χ0) is 40.0. The van der Waals surface area contributed by atoms with Crippen LogP contribution in [0.5, 0.6) is 0 Å². The molecule has 0 saturated carbocycles. The van der Waals surface area contributed by atoms with Crippen molar-refractivity contribution in [2.75, 3.05) is 71.8 Å². The molecule has 0 aliphatic carbocycles. The van der Waals surface area contributed by atoms with Crippen molar-refractivity contribution in [1.82, 2.24) is 15.5 Å². The number of carbonyl (C=O) groups is 5. The summed E-state index contributed by atoms with van der Waals surface area (Å²) in [6.07, 6.45) is 0.921. The Morgan fingerprint density at radius 1 is 0.717 bits per heavy atom. The molecule has 1 aromatic rings. The van der Waals surface area contributed by atoms with Gasteiger partial charge in [-0.2, -0.15) is 0 Å². The second-order valence-corrected chi connectivity index (χ2v) is 15.6. The van der Waals surface area contributed by atoms with E-state index in [-0.39, 0.29) is 61.7 Å². The van der Waals surface area contributed by atoms with Crippen LogP contribution in [0.25, 0.3) is 0 Å². The molecule has 302 valence electrons. The fourth-order valence-corrected chi connectivity index (χ4v) is 4.52. The van der Waals surface area contributed by atoms with Gasteiger partial charge in [-0.05, 0) is 63.1 Å². The molecule has 0 fully saturated rings. The Labute approximate surface area is 316 Å². The monoisotopic (exact) mass is 750 g/mol. The van der Waals surface area contributed by atoms with E-state index in [4.69, 9.17) is 23.7 Å². The topological polar surface area (TPSA) is 171 Å². The Morgan fingerprint density at radius 2 is 1.28 bits per heavy atom. The summed E-state index contributed by atoms with van der Waals surface area (Å²) in [6, 6.07) is 5.07. The highest BCUT2D eigenvalue weighted by molar-refractivity contribution is 5.98. The van der Waals surface area contributed by atoms with E-state index in [1.54, 1.807) is 77.8 Å². The van der Waals surface area contributed by atoms with Crippen LogP contribution in [-0.2, 0) is 54.3 Å². The van der Waals surface area contributed by atoms with E-state index >= 15 is 0 Å². The summed E-state index contributed by atoms with van der Waals surface area (Å²) < 4.78 is 26.6. The Morgan fingerprint density at radius 3 is 1.81 bits per heavy atom. The standard InChI is InChI=1S/C39H66N4O10/c1-28(2)34(36(47)40-29(3)35(46)41-31-13-11-30(12-14-31)27-53-37(48)39(7,8)9)42-32(44)15-18-43(19-17-38(4,5)6)33(45)16-20-50-23-24-52-26-25-51-22-21-49-10/h11-14,28-29,34H,15-27H2,1-10H3,(H,40,47)(H,41,46)(H,42,44)/t29-,34-/m0/s1. The van der Waals surface area contributed by atoms with Crippen LogP contribution in [-0.4, -0.2) is 113 Å². The minimum absolute atomic E-state index is 0.00890. The lowest BCUT2D eigenvalue weighted by Gasteiger charge is -2.28. The first-order chi connectivity index (χ1) is 24.8. The Hall–Kier alpha value is -3.59. The number of esters is 1. The van der Waals surface area contributed by atoms with Crippen LogP contribution in [0.15, 0.2) is 24.3 Å². The van der Waals surface area contributed by atoms with Gasteiger partial charge in [-0.15, -0.1) is 0 Å². The highest BCUT2D eigenvalue weighted by atomic mass is 16.6. The van der Waals surface area contributed by atoms with Crippen molar-refractivity contribution in [3.05, 3.63) is 29.8 Å².